The summed E-state index contributed by atoms with van der Waals surface area (Å²) in [6.45, 7) is 4.30. The fraction of sp³-hybridized carbons (Fsp3) is 0.208. The van der Waals surface area contributed by atoms with Crippen LogP contribution in [0.1, 0.15) is 16.2 Å². The van der Waals surface area contributed by atoms with Gasteiger partial charge in [0.2, 0.25) is 0 Å². The number of fused-ring (bicyclic) bond motifs is 2. The van der Waals surface area contributed by atoms with Gasteiger partial charge in [0, 0.05) is 36.5 Å². The molecule has 1 atom stereocenters. The average Bonchev–Trinajstić information content (AvgIpc) is 3.43. The number of nitrogens with zero attached hydrogens (tertiary/aromatic N) is 6. The number of benzene rings is 2. The first-order valence-corrected chi connectivity index (χ1v) is 11.1. The van der Waals surface area contributed by atoms with Gasteiger partial charge in [0.1, 0.15) is 12.0 Å². The van der Waals surface area contributed by atoms with Crippen LogP contribution in [0.5, 0.6) is 0 Å². The third-order valence-corrected chi connectivity index (χ3v) is 6.04. The first-order valence-electron chi connectivity index (χ1n) is 11.1. The van der Waals surface area contributed by atoms with Crippen LogP contribution >= 0.6 is 0 Å². The molecule has 34 heavy (non-hydrogen) atoms. The number of imidazole rings is 1. The molecule has 10 heteroatoms. The summed E-state index contributed by atoms with van der Waals surface area (Å²) in [5, 5.41) is 8.17. The first kappa shape index (κ1) is 20.5. The van der Waals surface area contributed by atoms with Crippen LogP contribution < -0.4 is 9.91 Å². The maximum absolute atomic E-state index is 12.8. The zero-order chi connectivity index (χ0) is 23.1. The van der Waals surface area contributed by atoms with E-state index in [1.54, 1.807) is 12.4 Å². The molecule has 1 aromatic heterocycles. The lowest BCUT2D eigenvalue weighted by atomic mass is 10.1. The normalized spacial score (nSPS) is 21.4. The van der Waals surface area contributed by atoms with E-state index in [0.717, 1.165) is 28.2 Å². The summed E-state index contributed by atoms with van der Waals surface area (Å²) >= 11 is 0. The standard InChI is InChI=1S/C24H23N8O2/c1-16-26-20-7-4-18(14-21(20)27-16)28-24-29-22-15-25-8-11-32(22,30-24)19-5-2-17(3-6-19)23(33)31-9-12-34-13-10-31/h2-8,11,14-15H,9-10,12-13H2,1H3,(H,26,27)(H,28,30)/q+1. The summed E-state index contributed by atoms with van der Waals surface area (Å²) < 4.78 is 5.39. The van der Waals surface area contributed by atoms with Crippen molar-refractivity contribution < 1.29 is 9.53 Å². The lowest BCUT2D eigenvalue weighted by molar-refractivity contribution is 0.0303. The number of hydrogen-bond donors (Lipinski definition) is 2. The van der Waals surface area contributed by atoms with Crippen molar-refractivity contribution in [3.63, 3.8) is 0 Å². The maximum atomic E-state index is 12.8. The van der Waals surface area contributed by atoms with E-state index in [-0.39, 0.29) is 10.5 Å². The number of aromatic amines is 1. The first-order chi connectivity index (χ1) is 16.6. The Kier molecular flexibility index (Phi) is 4.82. The van der Waals surface area contributed by atoms with Gasteiger partial charge < -0.3 is 19.9 Å². The molecule has 1 unspecified atom stereocenters. The summed E-state index contributed by atoms with van der Waals surface area (Å²) in [6.07, 6.45) is 5.27. The fourth-order valence-corrected chi connectivity index (χ4v) is 4.33. The molecule has 10 nitrogen and oxygen atoms in total. The number of aliphatic imine (C=N–C) groups is 2. The number of carbonyl (C=O) groups is 1. The lowest BCUT2D eigenvalue weighted by Crippen LogP contribution is -2.44. The largest absolute Gasteiger partial charge is 0.378 e. The van der Waals surface area contributed by atoms with Gasteiger partial charge in [0.15, 0.2) is 11.9 Å². The Morgan fingerprint density at radius 1 is 1.15 bits per heavy atom. The van der Waals surface area contributed by atoms with E-state index < -0.39 is 0 Å². The number of rotatable bonds is 3. The number of carbonyl (C=O) groups excluding carboxylic acids is 1. The van der Waals surface area contributed by atoms with E-state index in [0.29, 0.717) is 43.7 Å². The van der Waals surface area contributed by atoms with Crippen LogP contribution in [0.25, 0.3) is 11.0 Å². The van der Waals surface area contributed by atoms with Crippen LogP contribution in [-0.4, -0.2) is 65.1 Å². The Bertz CT molecular complexity index is 1400. The molecular formula is C24H23N8O2+. The van der Waals surface area contributed by atoms with Crippen molar-refractivity contribution in [2.45, 2.75) is 6.92 Å². The second kappa shape index (κ2) is 8.01. The second-order valence-electron chi connectivity index (χ2n) is 8.29. The topological polar surface area (TPSA) is 107 Å². The van der Waals surface area contributed by atoms with Crippen molar-refractivity contribution in [3.05, 3.63) is 66.3 Å². The van der Waals surface area contributed by atoms with Gasteiger partial charge in [-0.1, -0.05) is 4.59 Å². The number of anilines is 1. The van der Waals surface area contributed by atoms with Crippen LogP contribution in [-0.2, 0) is 4.74 Å². The highest BCUT2D eigenvalue weighted by Gasteiger charge is 2.42. The Labute approximate surface area is 195 Å². The van der Waals surface area contributed by atoms with Crippen LogP contribution in [0.4, 0.5) is 11.4 Å². The number of amidine groups is 1. The third-order valence-electron chi connectivity index (χ3n) is 6.04. The van der Waals surface area contributed by atoms with Crippen LogP contribution in [0.2, 0.25) is 0 Å². The predicted octanol–water partition coefficient (Wildman–Crippen LogP) is 3.00. The smallest absolute Gasteiger partial charge is 0.287 e. The van der Waals surface area contributed by atoms with Gasteiger partial charge in [0.05, 0.1) is 30.4 Å². The predicted molar refractivity (Wildman–Crippen MR) is 132 cm³/mol. The molecule has 3 aliphatic rings. The minimum atomic E-state index is 0.00997. The molecule has 2 N–H and O–H groups in total. The van der Waals surface area contributed by atoms with Crippen LogP contribution in [0.3, 0.4) is 0 Å². The van der Waals surface area contributed by atoms with E-state index in [1.165, 1.54) is 0 Å². The number of guanidine groups is 1. The molecule has 0 saturated carbocycles. The Morgan fingerprint density at radius 3 is 2.79 bits per heavy atom. The molecule has 0 bridgehead atoms. The van der Waals surface area contributed by atoms with Gasteiger partial charge in [-0.2, -0.15) is 4.99 Å². The zero-order valence-corrected chi connectivity index (χ0v) is 18.6. The number of nitrogens with one attached hydrogen (secondary N) is 2. The Balaban J connectivity index is 1.29. The molecule has 4 heterocycles. The lowest BCUT2D eigenvalue weighted by Gasteiger charge is -2.27. The van der Waals surface area contributed by atoms with E-state index in [1.807, 2.05) is 60.5 Å². The zero-order valence-electron chi connectivity index (χ0n) is 18.6. The van der Waals surface area contributed by atoms with Crippen molar-refractivity contribution in [1.82, 2.24) is 19.5 Å². The number of morpholine rings is 1. The van der Waals surface area contributed by atoms with Crippen LogP contribution in [0.15, 0.2) is 70.0 Å². The summed E-state index contributed by atoms with van der Waals surface area (Å²) in [7, 11) is 0. The quantitative estimate of drug-likeness (QED) is 0.592. The highest BCUT2D eigenvalue weighted by atomic mass is 16.5. The molecular weight excluding hydrogens is 432 g/mol. The van der Waals surface area contributed by atoms with E-state index >= 15 is 0 Å². The highest BCUT2D eigenvalue weighted by Crippen LogP contribution is 2.31. The average molecular weight is 456 g/mol. The minimum absolute atomic E-state index is 0.00997. The second-order valence-corrected chi connectivity index (χ2v) is 8.29. The molecule has 6 rings (SSSR count). The molecule has 0 radical (unpaired) electrons. The number of amides is 1. The van der Waals surface area contributed by atoms with Crippen molar-refractivity contribution in [2.24, 2.45) is 15.1 Å². The molecule has 3 aromatic rings. The molecule has 1 saturated heterocycles. The SMILES string of the molecule is Cc1nc2cc(NC3=N[N+]4(c5ccc(C(=O)N6CCOCC6)cc5)C=CN=CC4=N3)ccc2[nH]1. The maximum Gasteiger partial charge on any atom is 0.287 e. The van der Waals surface area contributed by atoms with Gasteiger partial charge >= 0.3 is 0 Å². The van der Waals surface area contributed by atoms with Gasteiger partial charge in [-0.25, -0.2) is 4.98 Å². The number of quaternary nitrogens is 1. The molecule has 1 fully saturated rings. The monoisotopic (exact) mass is 455 g/mol. The van der Waals surface area contributed by atoms with Gasteiger partial charge in [-0.3, -0.25) is 9.79 Å². The van der Waals surface area contributed by atoms with E-state index in [4.69, 9.17) is 9.84 Å². The molecule has 0 aliphatic carbocycles. The van der Waals surface area contributed by atoms with E-state index in [9.17, 15) is 4.79 Å². The number of H-pyrrole nitrogens is 1. The van der Waals surface area contributed by atoms with Gasteiger partial charge in [-0.05, 0) is 42.4 Å². The number of ether oxygens (including phenoxy) is 1. The number of hydrogen-bond acceptors (Lipinski definition) is 7. The Morgan fingerprint density at radius 2 is 1.97 bits per heavy atom. The number of aromatic nitrogens is 2. The molecule has 1 amide bonds. The van der Waals surface area contributed by atoms with Crippen molar-refractivity contribution in [2.75, 3.05) is 31.6 Å². The van der Waals surface area contributed by atoms with Crippen molar-refractivity contribution in [3.8, 4) is 0 Å². The van der Waals surface area contributed by atoms with Gasteiger partial charge in [-0.15, -0.1) is 0 Å². The molecule has 2 aromatic carbocycles. The van der Waals surface area contributed by atoms with Crippen molar-refractivity contribution >= 4 is 46.3 Å². The third kappa shape index (κ3) is 3.49. The molecule has 0 spiro atoms. The summed E-state index contributed by atoms with van der Waals surface area (Å²) in [6, 6.07) is 13.4. The highest BCUT2D eigenvalue weighted by molar-refractivity contribution is 6.38. The summed E-state index contributed by atoms with van der Waals surface area (Å²) in [5.74, 6) is 2.00. The van der Waals surface area contributed by atoms with Gasteiger partial charge in [0.25, 0.3) is 17.7 Å². The summed E-state index contributed by atoms with van der Waals surface area (Å²) in [5.41, 5.74) is 4.19. The van der Waals surface area contributed by atoms with Crippen LogP contribution in [0, 0.1) is 6.92 Å². The van der Waals surface area contributed by atoms with Crippen molar-refractivity contribution in [1.29, 1.82) is 0 Å². The molecule has 3 aliphatic heterocycles. The van der Waals surface area contributed by atoms with E-state index in [2.05, 4.69) is 25.3 Å². The molecule has 170 valence electrons. The minimum Gasteiger partial charge on any atom is -0.378 e. The fourth-order valence-electron chi connectivity index (χ4n) is 4.33. The summed E-state index contributed by atoms with van der Waals surface area (Å²) in [4.78, 5) is 31.3. The Hall–Kier alpha value is -4.15. The number of aryl methyl sites for hydroxylation is 1.